The third-order valence-corrected chi connectivity index (χ3v) is 4.29. The molecule has 0 amide bonds. The third-order valence-electron chi connectivity index (χ3n) is 4.29. The maximum atomic E-state index is 11.4. The van der Waals surface area contributed by atoms with Gasteiger partial charge in [0.05, 0.1) is 11.9 Å². The van der Waals surface area contributed by atoms with E-state index in [0.29, 0.717) is 5.56 Å². The predicted octanol–water partition coefficient (Wildman–Crippen LogP) is 3.90. The van der Waals surface area contributed by atoms with Gasteiger partial charge in [-0.3, -0.25) is 4.79 Å². The highest BCUT2D eigenvalue weighted by Gasteiger charge is 2.09. The molecule has 0 atom stereocenters. The number of rotatable bonds is 5. The van der Waals surface area contributed by atoms with E-state index in [0.717, 1.165) is 35.7 Å². The van der Waals surface area contributed by atoms with E-state index >= 15 is 0 Å². The van der Waals surface area contributed by atoms with Crippen LogP contribution in [0, 0.1) is 0 Å². The highest BCUT2D eigenvalue weighted by molar-refractivity contribution is 5.94. The molecule has 0 saturated carbocycles. The van der Waals surface area contributed by atoms with Crippen LogP contribution in [-0.4, -0.2) is 26.9 Å². The van der Waals surface area contributed by atoms with Gasteiger partial charge in [0.15, 0.2) is 11.4 Å². The maximum Gasteiger partial charge on any atom is 0.159 e. The summed E-state index contributed by atoms with van der Waals surface area (Å²) in [7, 11) is 0. The number of aromatic nitrogens is 3. The van der Waals surface area contributed by atoms with Gasteiger partial charge >= 0.3 is 0 Å². The van der Waals surface area contributed by atoms with Crippen molar-refractivity contribution in [2.45, 2.75) is 13.3 Å². The lowest BCUT2D eigenvalue weighted by molar-refractivity contribution is 0.101. The van der Waals surface area contributed by atoms with Crippen molar-refractivity contribution in [3.63, 3.8) is 0 Å². The number of hydrogen-bond acceptors (Lipinski definition) is 4. The molecule has 1 N–H and O–H groups in total. The normalized spacial score (nSPS) is 13.2. The fourth-order valence-electron chi connectivity index (χ4n) is 2.87. The van der Waals surface area contributed by atoms with Gasteiger partial charge in [-0.25, -0.2) is 9.50 Å². The van der Waals surface area contributed by atoms with E-state index in [1.807, 2.05) is 40.9 Å². The molecule has 0 bridgehead atoms. The first-order valence-corrected chi connectivity index (χ1v) is 8.25. The van der Waals surface area contributed by atoms with Gasteiger partial charge in [-0.2, -0.15) is 0 Å². The summed E-state index contributed by atoms with van der Waals surface area (Å²) in [6.07, 6.45) is 9.15. The molecule has 25 heavy (non-hydrogen) atoms. The van der Waals surface area contributed by atoms with Crippen LogP contribution in [0.4, 0.5) is 5.82 Å². The number of ketones is 1. The van der Waals surface area contributed by atoms with Crippen LogP contribution in [-0.2, 0) is 0 Å². The molecule has 5 nitrogen and oxygen atoms in total. The van der Waals surface area contributed by atoms with Crippen molar-refractivity contribution >= 4 is 17.2 Å². The number of carbonyl (C=O) groups excluding carboxylic acids is 1. The first kappa shape index (κ1) is 15.3. The molecule has 5 heteroatoms. The summed E-state index contributed by atoms with van der Waals surface area (Å²) in [4.78, 5) is 15.8. The number of imidazole rings is 1. The Morgan fingerprint density at radius 1 is 1.20 bits per heavy atom. The zero-order chi connectivity index (χ0) is 17.2. The Balaban J connectivity index is 1.62. The molecule has 2 heterocycles. The molecular weight excluding hydrogens is 312 g/mol. The second-order valence-corrected chi connectivity index (χ2v) is 6.08. The van der Waals surface area contributed by atoms with Gasteiger partial charge in [0.1, 0.15) is 5.82 Å². The number of allylic oxidation sites excluding steroid dienone is 3. The molecule has 3 aromatic rings. The largest absolute Gasteiger partial charge is 0.365 e. The van der Waals surface area contributed by atoms with Crippen LogP contribution in [0.1, 0.15) is 23.7 Å². The zero-order valence-electron chi connectivity index (χ0n) is 13.9. The molecule has 1 aromatic carbocycles. The van der Waals surface area contributed by atoms with E-state index in [1.54, 1.807) is 13.1 Å². The average Bonchev–Trinajstić information content (AvgIpc) is 3.29. The van der Waals surface area contributed by atoms with Crippen LogP contribution >= 0.6 is 0 Å². The Hall–Kier alpha value is -3.21. The molecular formula is C20H18N4O. The molecule has 2 aromatic heterocycles. The minimum Gasteiger partial charge on any atom is -0.365 e. The van der Waals surface area contributed by atoms with Crippen molar-refractivity contribution in [2.24, 2.45) is 0 Å². The highest BCUT2D eigenvalue weighted by atomic mass is 16.1. The molecule has 0 spiro atoms. The first-order chi connectivity index (χ1) is 12.2. The summed E-state index contributed by atoms with van der Waals surface area (Å²) in [6.45, 7) is 2.35. The number of carbonyl (C=O) groups is 1. The molecule has 0 saturated heterocycles. The van der Waals surface area contributed by atoms with Crippen molar-refractivity contribution < 1.29 is 4.79 Å². The number of hydrogen-bond donors (Lipinski definition) is 1. The summed E-state index contributed by atoms with van der Waals surface area (Å²) in [5.41, 5.74) is 4.71. The maximum absolute atomic E-state index is 11.4. The van der Waals surface area contributed by atoms with E-state index in [1.165, 1.54) is 5.57 Å². The van der Waals surface area contributed by atoms with Crippen molar-refractivity contribution in [1.82, 2.24) is 14.6 Å². The lowest BCUT2D eigenvalue weighted by Crippen LogP contribution is -2.07. The van der Waals surface area contributed by atoms with Crippen molar-refractivity contribution in [3.05, 3.63) is 72.0 Å². The number of benzene rings is 1. The molecule has 1 aliphatic carbocycles. The van der Waals surface area contributed by atoms with Gasteiger partial charge in [0, 0.05) is 17.7 Å². The number of nitrogens with one attached hydrogen (secondary N) is 1. The molecule has 0 fully saturated rings. The summed E-state index contributed by atoms with van der Waals surface area (Å²) in [6, 6.07) is 11.4. The molecule has 124 valence electrons. The molecule has 1 aliphatic rings. The van der Waals surface area contributed by atoms with Gasteiger partial charge in [0.25, 0.3) is 0 Å². The molecule has 4 rings (SSSR count). The zero-order valence-corrected chi connectivity index (χ0v) is 13.9. The van der Waals surface area contributed by atoms with Crippen LogP contribution in [0.3, 0.4) is 0 Å². The SMILES string of the molecule is CC(=O)c1ccc(-c2cnc3ccc(NCC4=CC=CC4)nn23)cc1. The van der Waals surface area contributed by atoms with Gasteiger partial charge < -0.3 is 5.32 Å². The van der Waals surface area contributed by atoms with Gasteiger partial charge in [-0.15, -0.1) is 5.10 Å². The quantitative estimate of drug-likeness (QED) is 0.721. The summed E-state index contributed by atoms with van der Waals surface area (Å²) in [5.74, 6) is 0.866. The number of Topliss-reactive ketones (excluding diaryl/α,β-unsaturated/α-hetero) is 1. The van der Waals surface area contributed by atoms with Crippen LogP contribution in [0.25, 0.3) is 16.9 Å². The molecule has 0 radical (unpaired) electrons. The Labute approximate surface area is 145 Å². The van der Waals surface area contributed by atoms with E-state index in [2.05, 4.69) is 33.6 Å². The summed E-state index contributed by atoms with van der Waals surface area (Å²) in [5, 5.41) is 8.02. The standard InChI is InChI=1S/C20H18N4O/c1-14(25)16-6-8-17(9-7-16)18-13-22-20-11-10-19(23-24(18)20)21-12-15-4-2-3-5-15/h2-4,6-11,13H,5,12H2,1H3,(H,21,23). The Morgan fingerprint density at radius 2 is 2.04 bits per heavy atom. The summed E-state index contributed by atoms with van der Waals surface area (Å²) < 4.78 is 1.83. The predicted molar refractivity (Wildman–Crippen MR) is 98.8 cm³/mol. The number of anilines is 1. The van der Waals surface area contributed by atoms with Crippen LogP contribution < -0.4 is 5.32 Å². The third kappa shape index (κ3) is 3.08. The lowest BCUT2D eigenvalue weighted by Gasteiger charge is -2.08. The van der Waals surface area contributed by atoms with E-state index in [4.69, 9.17) is 0 Å². The van der Waals surface area contributed by atoms with Crippen molar-refractivity contribution in [3.8, 4) is 11.3 Å². The van der Waals surface area contributed by atoms with Crippen LogP contribution in [0.15, 0.2) is 66.4 Å². The topological polar surface area (TPSA) is 59.3 Å². The van der Waals surface area contributed by atoms with E-state index in [9.17, 15) is 4.79 Å². The molecule has 0 aliphatic heterocycles. The smallest absolute Gasteiger partial charge is 0.159 e. The molecule has 0 unspecified atom stereocenters. The second kappa shape index (κ2) is 6.36. The van der Waals surface area contributed by atoms with E-state index in [-0.39, 0.29) is 5.78 Å². The van der Waals surface area contributed by atoms with Gasteiger partial charge in [-0.1, -0.05) is 42.5 Å². The first-order valence-electron chi connectivity index (χ1n) is 8.25. The average molecular weight is 330 g/mol. The van der Waals surface area contributed by atoms with E-state index < -0.39 is 0 Å². The fraction of sp³-hybridized carbons (Fsp3) is 0.150. The summed E-state index contributed by atoms with van der Waals surface area (Å²) >= 11 is 0. The number of fused-ring (bicyclic) bond motifs is 1. The second-order valence-electron chi connectivity index (χ2n) is 6.08. The minimum absolute atomic E-state index is 0.0602. The number of nitrogens with zero attached hydrogens (tertiary/aromatic N) is 3. The van der Waals surface area contributed by atoms with Crippen LogP contribution in [0.5, 0.6) is 0 Å². The van der Waals surface area contributed by atoms with Crippen LogP contribution in [0.2, 0.25) is 0 Å². The minimum atomic E-state index is 0.0602. The van der Waals surface area contributed by atoms with Crippen molar-refractivity contribution in [1.29, 1.82) is 0 Å². The van der Waals surface area contributed by atoms with Crippen molar-refractivity contribution in [2.75, 3.05) is 11.9 Å². The Kier molecular flexibility index (Phi) is 3.90. The van der Waals surface area contributed by atoms with Gasteiger partial charge in [0.2, 0.25) is 0 Å². The monoisotopic (exact) mass is 330 g/mol. The Morgan fingerprint density at radius 3 is 2.76 bits per heavy atom. The lowest BCUT2D eigenvalue weighted by atomic mass is 10.1. The van der Waals surface area contributed by atoms with Gasteiger partial charge in [-0.05, 0) is 31.1 Å². The fourth-order valence-corrected chi connectivity index (χ4v) is 2.87. The highest BCUT2D eigenvalue weighted by Crippen LogP contribution is 2.22. The Bertz CT molecular complexity index is 996.